The predicted octanol–water partition coefficient (Wildman–Crippen LogP) is 2.07. The molecule has 0 aliphatic heterocycles. The van der Waals surface area contributed by atoms with E-state index in [-0.39, 0.29) is 0 Å². The number of rotatable bonds is 3. The van der Waals surface area contributed by atoms with Gasteiger partial charge in [0.1, 0.15) is 0 Å². The molecule has 0 fully saturated rings. The fourth-order valence-corrected chi connectivity index (χ4v) is 1.36. The van der Waals surface area contributed by atoms with Gasteiger partial charge in [-0.3, -0.25) is 0 Å². The van der Waals surface area contributed by atoms with E-state index in [9.17, 15) is 0 Å². The van der Waals surface area contributed by atoms with Crippen molar-refractivity contribution in [2.24, 2.45) is 0 Å². The molecular formula is C10H15ClN2. The van der Waals surface area contributed by atoms with E-state index >= 15 is 0 Å². The Hall–Kier alpha value is -0.730. The lowest BCUT2D eigenvalue weighted by Gasteiger charge is -2.11. The minimum Gasteiger partial charge on any atom is -0.398 e. The molecule has 0 saturated heterocycles. The van der Waals surface area contributed by atoms with Gasteiger partial charge in [0.05, 0.1) is 0 Å². The highest BCUT2D eigenvalue weighted by Gasteiger charge is 2.04. The van der Waals surface area contributed by atoms with Crippen molar-refractivity contribution in [2.75, 3.05) is 12.8 Å². The molecule has 0 aliphatic rings. The second-order valence-electron chi connectivity index (χ2n) is 3.24. The van der Waals surface area contributed by atoms with Crippen LogP contribution in [0.25, 0.3) is 0 Å². The third-order valence-electron chi connectivity index (χ3n) is 2.13. The molecule has 0 aliphatic carbocycles. The highest BCUT2D eigenvalue weighted by Crippen LogP contribution is 2.19. The van der Waals surface area contributed by atoms with Crippen LogP contribution in [0, 0.1) is 0 Å². The van der Waals surface area contributed by atoms with E-state index in [0.29, 0.717) is 11.1 Å². The number of hydrogen-bond acceptors (Lipinski definition) is 2. The maximum absolute atomic E-state index is 5.81. The van der Waals surface area contributed by atoms with Crippen molar-refractivity contribution in [2.45, 2.75) is 19.4 Å². The van der Waals surface area contributed by atoms with Gasteiger partial charge in [0.25, 0.3) is 0 Å². The zero-order valence-corrected chi connectivity index (χ0v) is 8.73. The molecule has 0 radical (unpaired) electrons. The topological polar surface area (TPSA) is 38.0 Å². The van der Waals surface area contributed by atoms with Crippen LogP contribution in [0.1, 0.15) is 12.5 Å². The molecule has 3 heteroatoms. The van der Waals surface area contributed by atoms with E-state index in [1.807, 2.05) is 19.2 Å². The van der Waals surface area contributed by atoms with E-state index in [2.05, 4.69) is 12.2 Å². The van der Waals surface area contributed by atoms with Crippen LogP contribution >= 0.6 is 11.6 Å². The van der Waals surface area contributed by atoms with E-state index in [1.54, 1.807) is 6.07 Å². The second kappa shape index (κ2) is 4.49. The molecule has 72 valence electrons. The Morgan fingerprint density at radius 1 is 1.54 bits per heavy atom. The molecule has 1 aromatic carbocycles. The average molecular weight is 199 g/mol. The van der Waals surface area contributed by atoms with Crippen LogP contribution in [0.2, 0.25) is 5.02 Å². The first-order valence-corrected chi connectivity index (χ1v) is 4.72. The molecule has 0 heterocycles. The lowest BCUT2D eigenvalue weighted by atomic mass is 10.1. The molecule has 1 atom stereocenters. The maximum atomic E-state index is 5.81. The third-order valence-corrected chi connectivity index (χ3v) is 2.36. The summed E-state index contributed by atoms with van der Waals surface area (Å²) >= 11 is 5.79. The van der Waals surface area contributed by atoms with Crippen LogP contribution in [0.15, 0.2) is 18.2 Å². The van der Waals surface area contributed by atoms with E-state index in [0.717, 1.165) is 17.7 Å². The van der Waals surface area contributed by atoms with Crippen LogP contribution in [0.4, 0.5) is 5.69 Å². The standard InChI is InChI=1S/C10H15ClN2/c1-7(13-2)5-8-3-4-9(11)6-10(8)12/h3-4,6-7,13H,5,12H2,1-2H3. The molecule has 0 spiro atoms. The molecule has 1 rings (SSSR count). The van der Waals surface area contributed by atoms with E-state index < -0.39 is 0 Å². The van der Waals surface area contributed by atoms with Gasteiger partial charge in [-0.2, -0.15) is 0 Å². The monoisotopic (exact) mass is 198 g/mol. The lowest BCUT2D eigenvalue weighted by Crippen LogP contribution is -2.23. The minimum absolute atomic E-state index is 0.434. The first-order valence-electron chi connectivity index (χ1n) is 4.34. The van der Waals surface area contributed by atoms with Crippen molar-refractivity contribution < 1.29 is 0 Å². The van der Waals surface area contributed by atoms with Crippen LogP contribution in [0.5, 0.6) is 0 Å². The zero-order valence-electron chi connectivity index (χ0n) is 7.97. The van der Waals surface area contributed by atoms with Crippen molar-refractivity contribution in [1.29, 1.82) is 0 Å². The van der Waals surface area contributed by atoms with Gasteiger partial charge < -0.3 is 11.1 Å². The average Bonchev–Trinajstić information content (AvgIpc) is 2.09. The summed E-state index contributed by atoms with van der Waals surface area (Å²) in [5.41, 5.74) is 7.73. The predicted molar refractivity (Wildman–Crippen MR) is 58.1 cm³/mol. The van der Waals surface area contributed by atoms with Gasteiger partial charge >= 0.3 is 0 Å². The molecule has 3 N–H and O–H groups in total. The Kier molecular flexibility index (Phi) is 3.58. The molecule has 13 heavy (non-hydrogen) atoms. The molecule has 0 saturated carbocycles. The van der Waals surface area contributed by atoms with Crippen LogP contribution in [-0.2, 0) is 6.42 Å². The van der Waals surface area contributed by atoms with Gasteiger partial charge in [0.15, 0.2) is 0 Å². The van der Waals surface area contributed by atoms with Crippen LogP contribution < -0.4 is 11.1 Å². The number of benzene rings is 1. The Labute approximate surface area is 84.1 Å². The third kappa shape index (κ3) is 2.90. The number of hydrogen-bond donors (Lipinski definition) is 2. The number of likely N-dealkylation sites (N-methyl/N-ethyl adjacent to an activating group) is 1. The first-order chi connectivity index (χ1) is 6.13. The number of nitrogens with two attached hydrogens (primary N) is 1. The first kappa shape index (κ1) is 10.4. The van der Waals surface area contributed by atoms with Crippen LogP contribution in [-0.4, -0.2) is 13.1 Å². The molecule has 0 amide bonds. The second-order valence-corrected chi connectivity index (χ2v) is 3.67. The Balaban J connectivity index is 2.77. The molecule has 0 bridgehead atoms. The van der Waals surface area contributed by atoms with Gasteiger partial charge in [0.2, 0.25) is 0 Å². The summed E-state index contributed by atoms with van der Waals surface area (Å²) in [4.78, 5) is 0. The lowest BCUT2D eigenvalue weighted by molar-refractivity contribution is 0.609. The zero-order chi connectivity index (χ0) is 9.84. The fraction of sp³-hybridized carbons (Fsp3) is 0.400. The van der Waals surface area contributed by atoms with Gasteiger partial charge in [-0.15, -0.1) is 0 Å². The van der Waals surface area contributed by atoms with Crippen LogP contribution in [0.3, 0.4) is 0 Å². The summed E-state index contributed by atoms with van der Waals surface area (Å²) in [5, 5.41) is 3.86. The van der Waals surface area contributed by atoms with Gasteiger partial charge in [-0.05, 0) is 38.1 Å². The summed E-state index contributed by atoms with van der Waals surface area (Å²) in [5.74, 6) is 0. The largest absolute Gasteiger partial charge is 0.398 e. The summed E-state index contributed by atoms with van der Waals surface area (Å²) in [6.45, 7) is 2.12. The number of nitrogens with one attached hydrogen (secondary N) is 1. The van der Waals surface area contributed by atoms with Crippen molar-refractivity contribution in [3.63, 3.8) is 0 Å². The number of halogens is 1. The molecular weight excluding hydrogens is 184 g/mol. The Morgan fingerprint density at radius 3 is 2.77 bits per heavy atom. The minimum atomic E-state index is 0.434. The summed E-state index contributed by atoms with van der Waals surface area (Å²) in [6.07, 6.45) is 0.930. The Morgan fingerprint density at radius 2 is 2.23 bits per heavy atom. The van der Waals surface area contributed by atoms with Crippen molar-refractivity contribution in [1.82, 2.24) is 5.32 Å². The SMILES string of the molecule is CNC(C)Cc1ccc(Cl)cc1N. The molecule has 0 aromatic heterocycles. The fourth-order valence-electron chi connectivity index (χ4n) is 1.18. The summed E-state index contributed by atoms with van der Waals surface area (Å²) in [7, 11) is 1.94. The molecule has 1 aromatic rings. The van der Waals surface area contributed by atoms with Crippen molar-refractivity contribution in [3.05, 3.63) is 28.8 Å². The summed E-state index contributed by atoms with van der Waals surface area (Å²) < 4.78 is 0. The molecule has 1 unspecified atom stereocenters. The summed E-state index contributed by atoms with van der Waals surface area (Å²) in [6, 6.07) is 6.07. The number of anilines is 1. The highest BCUT2D eigenvalue weighted by molar-refractivity contribution is 6.30. The maximum Gasteiger partial charge on any atom is 0.0426 e. The molecule has 2 nitrogen and oxygen atoms in total. The smallest absolute Gasteiger partial charge is 0.0426 e. The normalized spacial score (nSPS) is 12.8. The van der Waals surface area contributed by atoms with Gasteiger partial charge in [0, 0.05) is 16.8 Å². The quantitative estimate of drug-likeness (QED) is 0.730. The Bertz CT molecular complexity index is 286. The van der Waals surface area contributed by atoms with E-state index in [4.69, 9.17) is 17.3 Å². The van der Waals surface area contributed by atoms with Crippen molar-refractivity contribution >= 4 is 17.3 Å². The highest BCUT2D eigenvalue weighted by atomic mass is 35.5. The van der Waals surface area contributed by atoms with E-state index in [1.165, 1.54) is 0 Å². The number of nitrogen functional groups attached to an aromatic ring is 1. The van der Waals surface area contributed by atoms with Gasteiger partial charge in [-0.25, -0.2) is 0 Å². The van der Waals surface area contributed by atoms with Crippen molar-refractivity contribution in [3.8, 4) is 0 Å². The van der Waals surface area contributed by atoms with Gasteiger partial charge in [-0.1, -0.05) is 17.7 Å².